The van der Waals surface area contributed by atoms with E-state index in [0.717, 1.165) is 25.7 Å². The van der Waals surface area contributed by atoms with Gasteiger partial charge in [0.1, 0.15) is 4.90 Å². The molecule has 0 amide bonds. The smallest absolute Gasteiger partial charge is 0.244 e. The fraction of sp³-hybridized carbons (Fsp3) is 0.727. The van der Waals surface area contributed by atoms with Gasteiger partial charge in [0.25, 0.3) is 0 Å². The molecule has 1 aromatic rings. The molecule has 0 saturated heterocycles. The molecule has 1 fully saturated rings. The second-order valence-corrected chi connectivity index (χ2v) is 6.54. The molecule has 0 aromatic carbocycles. The maximum Gasteiger partial charge on any atom is 0.244 e. The molecular weight excluding hydrogens is 252 g/mol. The van der Waals surface area contributed by atoms with Crippen molar-refractivity contribution in [3.05, 3.63) is 11.4 Å². The van der Waals surface area contributed by atoms with Crippen LogP contribution in [0.1, 0.15) is 44.0 Å². The van der Waals surface area contributed by atoms with E-state index in [2.05, 4.69) is 14.9 Å². The molecule has 1 saturated carbocycles. The summed E-state index contributed by atoms with van der Waals surface area (Å²) in [5.74, 6) is 0. The van der Waals surface area contributed by atoms with Gasteiger partial charge in [-0.25, -0.2) is 13.1 Å². The molecule has 1 heterocycles. The first kappa shape index (κ1) is 13.5. The number of aryl methyl sites for hydroxylation is 1. The van der Waals surface area contributed by atoms with Crippen LogP contribution in [0.5, 0.6) is 0 Å². The molecule has 0 bridgehead atoms. The number of rotatable bonds is 5. The predicted octanol–water partition coefficient (Wildman–Crippen LogP) is 0.788. The molecule has 4 N–H and O–H groups in total. The van der Waals surface area contributed by atoms with E-state index in [1.807, 2.05) is 6.92 Å². The molecule has 0 radical (unpaired) electrons. The number of nitrogens with one attached hydrogen (secondary N) is 2. The van der Waals surface area contributed by atoms with Crippen molar-refractivity contribution in [3.8, 4) is 0 Å². The quantitative estimate of drug-likeness (QED) is 0.737. The summed E-state index contributed by atoms with van der Waals surface area (Å²) in [6, 6.07) is 0. The van der Waals surface area contributed by atoms with Gasteiger partial charge in [-0.15, -0.1) is 0 Å². The van der Waals surface area contributed by atoms with Crippen LogP contribution in [0.3, 0.4) is 0 Å². The topological polar surface area (TPSA) is 101 Å². The maximum atomic E-state index is 12.4. The molecule has 1 aliphatic carbocycles. The van der Waals surface area contributed by atoms with E-state index >= 15 is 0 Å². The van der Waals surface area contributed by atoms with Gasteiger partial charge in [0.2, 0.25) is 10.0 Å². The molecule has 0 atom stereocenters. The first-order valence-electron chi connectivity index (χ1n) is 6.22. The van der Waals surface area contributed by atoms with E-state index in [1.165, 1.54) is 0 Å². The number of aromatic nitrogens is 2. The molecule has 0 spiro atoms. The summed E-state index contributed by atoms with van der Waals surface area (Å²) in [5, 5.41) is 6.62. The van der Waals surface area contributed by atoms with Gasteiger partial charge in [-0.1, -0.05) is 6.92 Å². The van der Waals surface area contributed by atoms with Crippen molar-refractivity contribution in [1.29, 1.82) is 0 Å². The summed E-state index contributed by atoms with van der Waals surface area (Å²) in [4.78, 5) is 0.213. The number of nitrogens with two attached hydrogens (primary N) is 1. The highest BCUT2D eigenvalue weighted by molar-refractivity contribution is 7.89. The largest absolute Gasteiger partial charge is 0.325 e. The third kappa shape index (κ3) is 2.17. The first-order valence-corrected chi connectivity index (χ1v) is 7.70. The Morgan fingerprint density at radius 2 is 2.17 bits per heavy atom. The Morgan fingerprint density at radius 1 is 1.50 bits per heavy atom. The fourth-order valence-corrected chi connectivity index (χ4v) is 4.34. The highest BCUT2D eigenvalue weighted by Crippen LogP contribution is 2.36. The Labute approximate surface area is 107 Å². The van der Waals surface area contributed by atoms with Crippen molar-refractivity contribution in [2.45, 2.75) is 56.5 Å². The van der Waals surface area contributed by atoms with Crippen LogP contribution in [-0.2, 0) is 16.6 Å². The zero-order chi connectivity index (χ0) is 13.4. The summed E-state index contributed by atoms with van der Waals surface area (Å²) in [6.07, 6.45) is 3.68. The number of hydrogen-bond acceptors (Lipinski definition) is 4. The van der Waals surface area contributed by atoms with Crippen molar-refractivity contribution in [2.75, 3.05) is 0 Å². The molecule has 1 aliphatic rings. The Morgan fingerprint density at radius 3 is 2.61 bits per heavy atom. The lowest BCUT2D eigenvalue weighted by Gasteiger charge is -2.41. The predicted molar refractivity (Wildman–Crippen MR) is 68.4 cm³/mol. The molecule has 1 aromatic heterocycles. The van der Waals surface area contributed by atoms with Crippen molar-refractivity contribution in [1.82, 2.24) is 14.9 Å². The Kier molecular flexibility index (Phi) is 3.48. The molecular formula is C11H20N4O2S. The van der Waals surface area contributed by atoms with Gasteiger partial charge in [0, 0.05) is 12.1 Å². The average molecular weight is 272 g/mol. The van der Waals surface area contributed by atoms with Crippen LogP contribution < -0.4 is 10.5 Å². The van der Waals surface area contributed by atoms with E-state index in [0.29, 0.717) is 11.4 Å². The van der Waals surface area contributed by atoms with Crippen LogP contribution in [0.15, 0.2) is 4.90 Å². The molecule has 102 valence electrons. The van der Waals surface area contributed by atoms with Crippen LogP contribution in [-0.4, -0.2) is 24.2 Å². The van der Waals surface area contributed by atoms with Crippen LogP contribution in [0.4, 0.5) is 0 Å². The second kappa shape index (κ2) is 4.64. The minimum Gasteiger partial charge on any atom is -0.325 e. The second-order valence-electron chi connectivity index (χ2n) is 4.92. The van der Waals surface area contributed by atoms with Crippen molar-refractivity contribution >= 4 is 10.0 Å². The van der Waals surface area contributed by atoms with Crippen LogP contribution in [0.2, 0.25) is 0 Å². The first-order chi connectivity index (χ1) is 8.44. The number of nitrogens with zero attached hydrogens (tertiary/aromatic N) is 1. The molecule has 7 heteroatoms. The Balaban J connectivity index is 2.33. The van der Waals surface area contributed by atoms with Gasteiger partial charge in [-0.3, -0.25) is 5.10 Å². The molecule has 18 heavy (non-hydrogen) atoms. The van der Waals surface area contributed by atoms with Crippen molar-refractivity contribution < 1.29 is 8.42 Å². The van der Waals surface area contributed by atoms with Gasteiger partial charge in [0.05, 0.1) is 11.4 Å². The number of aromatic amines is 1. The molecule has 6 nitrogen and oxygen atoms in total. The minimum atomic E-state index is -3.54. The number of hydrogen-bond donors (Lipinski definition) is 3. The summed E-state index contributed by atoms with van der Waals surface area (Å²) in [5.41, 5.74) is 6.19. The van der Waals surface area contributed by atoms with Crippen molar-refractivity contribution in [3.63, 3.8) is 0 Å². The van der Waals surface area contributed by atoms with Gasteiger partial charge in [0.15, 0.2) is 0 Å². The summed E-state index contributed by atoms with van der Waals surface area (Å²) in [6.45, 7) is 3.81. The zero-order valence-corrected chi connectivity index (χ0v) is 11.6. The van der Waals surface area contributed by atoms with Crippen LogP contribution >= 0.6 is 0 Å². The van der Waals surface area contributed by atoms with Gasteiger partial charge >= 0.3 is 0 Å². The van der Waals surface area contributed by atoms with Gasteiger partial charge in [-0.2, -0.15) is 5.10 Å². The summed E-state index contributed by atoms with van der Waals surface area (Å²) in [7, 11) is -3.54. The molecule has 2 rings (SSSR count). The standard InChI is InChI=1S/C11H20N4O2S/c1-3-11(5-4-6-11)15-18(16,17)10-8(2)13-14-9(10)7-12/h15H,3-7,12H2,1-2H3,(H,13,14). The van der Waals surface area contributed by atoms with Crippen LogP contribution in [0.25, 0.3) is 0 Å². The summed E-state index contributed by atoms with van der Waals surface area (Å²) < 4.78 is 27.7. The van der Waals surface area contributed by atoms with Crippen molar-refractivity contribution in [2.24, 2.45) is 5.73 Å². The van der Waals surface area contributed by atoms with E-state index in [9.17, 15) is 8.42 Å². The minimum absolute atomic E-state index is 0.111. The normalized spacial score (nSPS) is 18.6. The van der Waals surface area contributed by atoms with Crippen LogP contribution in [0, 0.1) is 6.92 Å². The molecule has 0 aliphatic heterocycles. The van der Waals surface area contributed by atoms with Gasteiger partial charge in [-0.05, 0) is 32.6 Å². The number of sulfonamides is 1. The lowest BCUT2D eigenvalue weighted by atomic mass is 9.76. The maximum absolute atomic E-state index is 12.4. The SMILES string of the molecule is CCC1(NS(=O)(=O)c2c(CN)n[nH]c2C)CCC1. The average Bonchev–Trinajstić information content (AvgIpc) is 2.66. The fourth-order valence-electron chi connectivity index (χ4n) is 2.43. The highest BCUT2D eigenvalue weighted by atomic mass is 32.2. The van der Waals surface area contributed by atoms with E-state index in [1.54, 1.807) is 6.92 Å². The Bertz CT molecular complexity index is 526. The zero-order valence-electron chi connectivity index (χ0n) is 10.8. The summed E-state index contributed by atoms with van der Waals surface area (Å²) >= 11 is 0. The molecule has 0 unspecified atom stereocenters. The Hall–Kier alpha value is -0.920. The monoisotopic (exact) mass is 272 g/mol. The third-order valence-electron chi connectivity index (χ3n) is 3.76. The van der Waals surface area contributed by atoms with E-state index < -0.39 is 10.0 Å². The van der Waals surface area contributed by atoms with E-state index in [4.69, 9.17) is 5.73 Å². The van der Waals surface area contributed by atoms with E-state index in [-0.39, 0.29) is 17.0 Å². The third-order valence-corrected chi connectivity index (χ3v) is 5.54. The lowest BCUT2D eigenvalue weighted by molar-refractivity contribution is 0.214. The number of H-pyrrole nitrogens is 1. The lowest BCUT2D eigenvalue weighted by Crippen LogP contribution is -2.52. The highest BCUT2D eigenvalue weighted by Gasteiger charge is 2.40. The van der Waals surface area contributed by atoms with Gasteiger partial charge < -0.3 is 5.73 Å².